The van der Waals surface area contributed by atoms with E-state index in [1.165, 1.54) is 0 Å². The van der Waals surface area contributed by atoms with Gasteiger partial charge in [-0.25, -0.2) is 0 Å². The second-order valence-corrected chi connectivity index (χ2v) is 6.65. The average molecular weight is 465 g/mol. The highest BCUT2D eigenvalue weighted by atomic mass is 35.5. The van der Waals surface area contributed by atoms with Gasteiger partial charge >= 0.3 is 12.4 Å². The highest BCUT2D eigenvalue weighted by Crippen LogP contribution is 2.42. The van der Waals surface area contributed by atoms with E-state index in [4.69, 9.17) is 11.6 Å². The predicted octanol–water partition coefficient (Wildman–Crippen LogP) is 5.13. The van der Waals surface area contributed by atoms with E-state index in [0.717, 1.165) is 37.5 Å². The van der Waals surface area contributed by atoms with Crippen molar-refractivity contribution in [3.8, 4) is 17.0 Å². The number of aromatic nitrogens is 3. The number of hydrogen-bond donors (Lipinski definition) is 2. The van der Waals surface area contributed by atoms with Crippen LogP contribution in [0, 0.1) is 0 Å². The number of rotatable bonds is 3. The molecule has 0 saturated carbocycles. The number of carbonyl (C=O) groups excluding carboxylic acids is 1. The average Bonchev–Trinajstić information content (AvgIpc) is 3.00. The lowest BCUT2D eigenvalue weighted by molar-refractivity contribution is -0.141. The van der Waals surface area contributed by atoms with Gasteiger partial charge in [-0.1, -0.05) is 11.6 Å². The quantitative estimate of drug-likeness (QED) is 0.527. The van der Waals surface area contributed by atoms with Crippen molar-refractivity contribution in [3.05, 3.63) is 58.5 Å². The Hall–Kier alpha value is -3.28. The van der Waals surface area contributed by atoms with Gasteiger partial charge in [-0.3, -0.25) is 14.5 Å². The first-order valence-corrected chi connectivity index (χ1v) is 8.64. The minimum Gasteiger partial charge on any atom is -0.508 e. The monoisotopic (exact) mass is 464 g/mol. The molecule has 2 aromatic heterocycles. The van der Waals surface area contributed by atoms with Crippen molar-refractivity contribution in [2.45, 2.75) is 12.4 Å². The van der Waals surface area contributed by atoms with Crippen LogP contribution in [0.15, 0.2) is 36.5 Å². The Morgan fingerprint density at radius 3 is 2.39 bits per heavy atom. The smallest absolute Gasteiger partial charge is 0.433 e. The number of pyridine rings is 1. The van der Waals surface area contributed by atoms with Crippen LogP contribution in [0.3, 0.4) is 0 Å². The molecule has 0 radical (unpaired) electrons. The number of anilines is 1. The van der Waals surface area contributed by atoms with E-state index in [2.05, 4.69) is 10.1 Å². The Bertz CT molecular complexity index is 1160. The minimum absolute atomic E-state index is 0.169. The lowest BCUT2D eigenvalue weighted by atomic mass is 10.0. The van der Waals surface area contributed by atoms with Crippen LogP contribution >= 0.6 is 11.6 Å². The Morgan fingerprint density at radius 2 is 1.77 bits per heavy atom. The van der Waals surface area contributed by atoms with Gasteiger partial charge in [0, 0.05) is 24.5 Å². The highest BCUT2D eigenvalue weighted by Gasteiger charge is 2.42. The molecule has 6 nitrogen and oxygen atoms in total. The minimum atomic E-state index is -5.08. The highest BCUT2D eigenvalue weighted by molar-refractivity contribution is 6.33. The van der Waals surface area contributed by atoms with Gasteiger partial charge in [0.15, 0.2) is 0 Å². The van der Waals surface area contributed by atoms with Gasteiger partial charge < -0.3 is 10.4 Å². The zero-order valence-electron chi connectivity index (χ0n) is 15.3. The second kappa shape index (κ2) is 7.76. The molecule has 0 aliphatic rings. The fourth-order valence-electron chi connectivity index (χ4n) is 2.79. The molecular formula is C18H11ClF6N4O2. The number of nitrogens with one attached hydrogen (secondary N) is 1. The fraction of sp³-hybridized carbons (Fsp3) is 0.167. The zero-order chi connectivity index (χ0) is 23.1. The molecule has 0 saturated heterocycles. The molecule has 3 aromatic rings. The lowest BCUT2D eigenvalue weighted by Gasteiger charge is -2.12. The molecule has 2 heterocycles. The number of phenolic OH excluding ortho intramolecular Hbond substituents is 1. The molecule has 0 aliphatic heterocycles. The summed E-state index contributed by atoms with van der Waals surface area (Å²) in [5.74, 6) is -1.75. The van der Waals surface area contributed by atoms with Gasteiger partial charge in [0.2, 0.25) is 0 Å². The number of amides is 1. The van der Waals surface area contributed by atoms with Crippen LogP contribution in [0.2, 0.25) is 5.02 Å². The van der Waals surface area contributed by atoms with Crippen LogP contribution in [0.1, 0.15) is 21.7 Å². The number of benzene rings is 1. The van der Waals surface area contributed by atoms with Crippen molar-refractivity contribution < 1.29 is 36.2 Å². The van der Waals surface area contributed by atoms with Crippen molar-refractivity contribution in [3.63, 3.8) is 0 Å². The number of hydrogen-bond acceptors (Lipinski definition) is 4. The molecule has 2 N–H and O–H groups in total. The van der Waals surface area contributed by atoms with Gasteiger partial charge in [0.25, 0.3) is 5.91 Å². The summed E-state index contributed by atoms with van der Waals surface area (Å²) in [6, 6.07) is 4.71. The third-order valence-electron chi connectivity index (χ3n) is 4.06. The number of phenols is 1. The summed E-state index contributed by atoms with van der Waals surface area (Å²) in [6.45, 7) is 0. The number of aromatic hydroxyl groups is 1. The predicted molar refractivity (Wildman–Crippen MR) is 97.5 cm³/mol. The Kier molecular flexibility index (Phi) is 5.61. The van der Waals surface area contributed by atoms with Crippen LogP contribution in [0.25, 0.3) is 11.3 Å². The number of halogens is 7. The summed E-state index contributed by atoms with van der Waals surface area (Å²) in [7, 11) is 1.05. The van der Waals surface area contributed by atoms with E-state index in [0.29, 0.717) is 10.7 Å². The molecule has 31 heavy (non-hydrogen) atoms. The molecule has 13 heteroatoms. The maximum atomic E-state index is 13.9. The van der Waals surface area contributed by atoms with Crippen molar-refractivity contribution in [2.24, 2.45) is 7.05 Å². The number of nitrogens with zero attached hydrogens (tertiary/aromatic N) is 3. The SMILES string of the molecule is Cn1nc(-c2cc(O)ccc2Cl)c(C(F)(F)F)c1C(=O)Nc1ccnc(C(F)(F)F)c1. The summed E-state index contributed by atoms with van der Waals surface area (Å²) in [5.41, 5.74) is -5.20. The van der Waals surface area contributed by atoms with Gasteiger partial charge in [0.05, 0.1) is 5.02 Å². The van der Waals surface area contributed by atoms with E-state index < -0.39 is 46.6 Å². The third-order valence-corrected chi connectivity index (χ3v) is 4.39. The maximum absolute atomic E-state index is 13.9. The van der Waals surface area contributed by atoms with Crippen LogP contribution in [-0.4, -0.2) is 25.8 Å². The summed E-state index contributed by atoms with van der Waals surface area (Å²) in [6.07, 6.45) is -9.14. The van der Waals surface area contributed by atoms with Crippen molar-refractivity contribution in [1.29, 1.82) is 0 Å². The normalized spacial score (nSPS) is 12.1. The summed E-state index contributed by atoms with van der Waals surface area (Å²) < 4.78 is 80.6. The standard InChI is InChI=1S/C18H11ClF6N4O2/c1-29-15(16(31)27-8-4-5-26-12(6-8)17(20,21)22)13(18(23,24)25)14(28-29)10-7-9(30)2-3-11(10)19/h2-7,30H,1H3,(H,26,27,31). The van der Waals surface area contributed by atoms with Crippen molar-refractivity contribution in [1.82, 2.24) is 14.8 Å². The zero-order valence-corrected chi connectivity index (χ0v) is 16.1. The Labute approximate surface area is 175 Å². The Balaban J connectivity index is 2.11. The molecule has 3 rings (SSSR count). The fourth-order valence-corrected chi connectivity index (χ4v) is 3.00. The molecule has 0 bridgehead atoms. The number of aryl methyl sites for hydroxylation is 1. The van der Waals surface area contributed by atoms with Crippen LogP contribution < -0.4 is 5.32 Å². The molecular weight excluding hydrogens is 454 g/mol. The molecule has 1 amide bonds. The first-order chi connectivity index (χ1) is 14.3. The van der Waals surface area contributed by atoms with Gasteiger partial charge in [-0.2, -0.15) is 31.4 Å². The lowest BCUT2D eigenvalue weighted by Crippen LogP contribution is -2.21. The summed E-state index contributed by atoms with van der Waals surface area (Å²) in [5, 5.41) is 15.2. The van der Waals surface area contributed by atoms with E-state index in [1.807, 2.05) is 5.32 Å². The maximum Gasteiger partial charge on any atom is 0.433 e. The molecule has 164 valence electrons. The van der Waals surface area contributed by atoms with E-state index in [9.17, 15) is 36.2 Å². The van der Waals surface area contributed by atoms with Crippen molar-refractivity contribution in [2.75, 3.05) is 5.32 Å². The molecule has 1 aromatic carbocycles. The van der Waals surface area contributed by atoms with E-state index in [1.54, 1.807) is 0 Å². The van der Waals surface area contributed by atoms with Gasteiger partial charge in [-0.15, -0.1) is 0 Å². The molecule has 0 spiro atoms. The van der Waals surface area contributed by atoms with Crippen molar-refractivity contribution >= 4 is 23.2 Å². The van der Waals surface area contributed by atoms with Gasteiger partial charge in [-0.05, 0) is 30.3 Å². The first kappa shape index (κ1) is 22.4. The molecule has 0 aliphatic carbocycles. The number of alkyl halides is 6. The second-order valence-electron chi connectivity index (χ2n) is 6.24. The topological polar surface area (TPSA) is 80.0 Å². The largest absolute Gasteiger partial charge is 0.508 e. The van der Waals surface area contributed by atoms with E-state index >= 15 is 0 Å². The third kappa shape index (κ3) is 4.58. The summed E-state index contributed by atoms with van der Waals surface area (Å²) in [4.78, 5) is 15.7. The first-order valence-electron chi connectivity index (χ1n) is 8.26. The number of carbonyl (C=O) groups is 1. The van der Waals surface area contributed by atoms with Crippen LogP contribution in [-0.2, 0) is 19.4 Å². The van der Waals surface area contributed by atoms with Crippen LogP contribution in [0.4, 0.5) is 32.0 Å². The summed E-state index contributed by atoms with van der Waals surface area (Å²) >= 11 is 5.94. The van der Waals surface area contributed by atoms with Gasteiger partial charge in [0.1, 0.15) is 28.4 Å². The van der Waals surface area contributed by atoms with Crippen LogP contribution in [0.5, 0.6) is 5.75 Å². The van der Waals surface area contributed by atoms with E-state index in [-0.39, 0.29) is 16.3 Å². The molecule has 0 unspecified atom stereocenters. The Morgan fingerprint density at radius 1 is 1.10 bits per heavy atom. The molecule has 0 fully saturated rings. The molecule has 0 atom stereocenters.